The van der Waals surface area contributed by atoms with Gasteiger partial charge in [-0.05, 0) is 30.9 Å². The highest BCUT2D eigenvalue weighted by molar-refractivity contribution is 5.76. The van der Waals surface area contributed by atoms with Crippen LogP contribution in [0.5, 0.6) is 5.75 Å². The zero-order chi connectivity index (χ0) is 16.2. The van der Waals surface area contributed by atoms with Gasteiger partial charge < -0.3 is 14.7 Å². The number of halogens is 1. The molecule has 5 heteroatoms. The third-order valence-corrected chi connectivity index (χ3v) is 4.74. The molecule has 1 unspecified atom stereocenters. The van der Waals surface area contributed by atoms with E-state index in [4.69, 9.17) is 4.74 Å². The van der Waals surface area contributed by atoms with Crippen molar-refractivity contribution in [2.45, 2.75) is 32.6 Å². The fourth-order valence-electron chi connectivity index (χ4n) is 2.93. The van der Waals surface area contributed by atoms with Crippen molar-refractivity contribution >= 4 is 5.91 Å². The lowest BCUT2D eigenvalue weighted by molar-refractivity contribution is -0.130. The highest BCUT2D eigenvalue weighted by Gasteiger charge is 2.37. The second kappa shape index (κ2) is 7.09. The van der Waals surface area contributed by atoms with Crippen LogP contribution >= 0.6 is 0 Å². The molecule has 0 bridgehead atoms. The minimum atomic E-state index is -0.341. The molecule has 4 nitrogen and oxygen atoms in total. The van der Waals surface area contributed by atoms with Gasteiger partial charge in [0.05, 0.1) is 13.7 Å². The van der Waals surface area contributed by atoms with Crippen molar-refractivity contribution in [3.8, 4) is 5.75 Å². The van der Waals surface area contributed by atoms with Crippen molar-refractivity contribution in [2.75, 3.05) is 26.8 Å². The molecule has 0 aliphatic carbocycles. The van der Waals surface area contributed by atoms with E-state index in [1.807, 2.05) is 6.92 Å². The number of hydrogen-bond acceptors (Lipinski definition) is 3. The van der Waals surface area contributed by atoms with Crippen LogP contribution in [0.3, 0.4) is 0 Å². The second-order valence-corrected chi connectivity index (χ2v) is 6.03. The average Bonchev–Trinajstić information content (AvgIpc) is 2.98. The van der Waals surface area contributed by atoms with Crippen molar-refractivity contribution in [2.24, 2.45) is 5.41 Å². The van der Waals surface area contributed by atoms with Crippen LogP contribution in [0.4, 0.5) is 4.39 Å². The quantitative estimate of drug-likeness (QED) is 0.878. The number of amides is 1. The first kappa shape index (κ1) is 16.7. The molecule has 1 N–H and O–H groups in total. The summed E-state index contributed by atoms with van der Waals surface area (Å²) in [6.07, 6.45) is 2.36. The monoisotopic (exact) mass is 309 g/mol. The summed E-state index contributed by atoms with van der Waals surface area (Å²) in [5, 5.41) is 9.51. The summed E-state index contributed by atoms with van der Waals surface area (Å²) in [5.74, 6) is 0.161. The molecule has 0 radical (unpaired) electrons. The minimum Gasteiger partial charge on any atom is -0.497 e. The number of aliphatic hydroxyl groups excluding tert-OH is 1. The number of carbonyl (C=O) groups excluding carboxylic acids is 1. The van der Waals surface area contributed by atoms with E-state index >= 15 is 0 Å². The molecule has 1 amide bonds. The Kier molecular flexibility index (Phi) is 5.40. The van der Waals surface area contributed by atoms with E-state index in [1.54, 1.807) is 17.0 Å². The minimum absolute atomic E-state index is 0.0268. The molecule has 1 aromatic rings. The molecular weight excluding hydrogens is 285 g/mol. The van der Waals surface area contributed by atoms with Crippen molar-refractivity contribution in [3.63, 3.8) is 0 Å². The molecule has 1 saturated heterocycles. The maximum atomic E-state index is 13.9. The Morgan fingerprint density at radius 1 is 1.50 bits per heavy atom. The van der Waals surface area contributed by atoms with Gasteiger partial charge in [0.1, 0.15) is 11.6 Å². The van der Waals surface area contributed by atoms with Gasteiger partial charge in [-0.15, -0.1) is 0 Å². The summed E-state index contributed by atoms with van der Waals surface area (Å²) in [4.78, 5) is 14.1. The number of benzene rings is 1. The Hall–Kier alpha value is -1.62. The van der Waals surface area contributed by atoms with E-state index in [2.05, 4.69) is 0 Å². The van der Waals surface area contributed by atoms with Gasteiger partial charge in [0.25, 0.3) is 0 Å². The summed E-state index contributed by atoms with van der Waals surface area (Å²) in [7, 11) is 1.49. The fraction of sp³-hybridized carbons (Fsp3) is 0.588. The fourth-order valence-corrected chi connectivity index (χ4v) is 2.93. The van der Waals surface area contributed by atoms with Crippen molar-refractivity contribution < 1.29 is 19.0 Å². The Bertz CT molecular complexity index is 529. The van der Waals surface area contributed by atoms with Gasteiger partial charge in [0.15, 0.2) is 0 Å². The molecule has 1 heterocycles. The van der Waals surface area contributed by atoms with Gasteiger partial charge in [-0.1, -0.05) is 13.0 Å². The standard InChI is InChI=1S/C17H24FNO3/c1-3-17(12-20)8-9-19(11-17)16(21)7-5-13-4-6-14(22-2)10-15(13)18/h4,6,10,20H,3,5,7-9,11-12H2,1-2H3. The number of aryl methyl sites for hydroxylation is 1. The van der Waals surface area contributed by atoms with Gasteiger partial charge in [-0.2, -0.15) is 0 Å². The maximum absolute atomic E-state index is 13.9. The summed E-state index contributed by atoms with van der Waals surface area (Å²) in [6.45, 7) is 3.43. The zero-order valence-electron chi connectivity index (χ0n) is 13.3. The van der Waals surface area contributed by atoms with Crippen molar-refractivity contribution in [1.29, 1.82) is 0 Å². The van der Waals surface area contributed by atoms with Gasteiger partial charge in [-0.25, -0.2) is 4.39 Å². The topological polar surface area (TPSA) is 49.8 Å². The van der Waals surface area contributed by atoms with Crippen LogP contribution in [0, 0.1) is 11.2 Å². The van der Waals surface area contributed by atoms with E-state index in [9.17, 15) is 14.3 Å². The third kappa shape index (κ3) is 3.58. The molecule has 0 aromatic heterocycles. The van der Waals surface area contributed by atoms with Crippen LogP contribution in [0.15, 0.2) is 18.2 Å². The summed E-state index contributed by atoms with van der Waals surface area (Å²) in [6, 6.07) is 4.70. The highest BCUT2D eigenvalue weighted by atomic mass is 19.1. The van der Waals surface area contributed by atoms with Gasteiger partial charge in [-0.3, -0.25) is 4.79 Å². The number of rotatable bonds is 6. The predicted octanol–water partition coefficient (Wildman–Crippen LogP) is 2.39. The number of nitrogens with zero attached hydrogens (tertiary/aromatic N) is 1. The zero-order valence-corrected chi connectivity index (χ0v) is 13.3. The Morgan fingerprint density at radius 2 is 2.27 bits per heavy atom. The molecular formula is C17H24FNO3. The number of methoxy groups -OCH3 is 1. The Morgan fingerprint density at radius 3 is 2.82 bits per heavy atom. The normalized spacial score (nSPS) is 21.2. The largest absolute Gasteiger partial charge is 0.497 e. The highest BCUT2D eigenvalue weighted by Crippen LogP contribution is 2.33. The first-order chi connectivity index (χ1) is 10.5. The van der Waals surface area contributed by atoms with Gasteiger partial charge >= 0.3 is 0 Å². The summed E-state index contributed by atoms with van der Waals surface area (Å²) < 4.78 is 18.8. The molecule has 1 aromatic carbocycles. The van der Waals surface area contributed by atoms with Crippen LogP contribution in [0.25, 0.3) is 0 Å². The third-order valence-electron chi connectivity index (χ3n) is 4.74. The molecule has 0 spiro atoms. The SMILES string of the molecule is CCC1(CO)CCN(C(=O)CCc2ccc(OC)cc2F)C1. The van der Waals surface area contributed by atoms with Crippen LogP contribution in [-0.2, 0) is 11.2 Å². The van der Waals surface area contributed by atoms with E-state index in [1.165, 1.54) is 13.2 Å². The molecule has 1 aliphatic rings. The molecule has 0 saturated carbocycles. The average molecular weight is 309 g/mol. The summed E-state index contributed by atoms with van der Waals surface area (Å²) >= 11 is 0. The number of hydrogen-bond donors (Lipinski definition) is 1. The van der Waals surface area contributed by atoms with E-state index in [0.29, 0.717) is 30.8 Å². The van der Waals surface area contributed by atoms with Crippen LogP contribution in [0.1, 0.15) is 31.7 Å². The molecule has 2 rings (SSSR count). The molecule has 1 fully saturated rings. The van der Waals surface area contributed by atoms with E-state index in [0.717, 1.165) is 12.8 Å². The van der Waals surface area contributed by atoms with Crippen LogP contribution in [0.2, 0.25) is 0 Å². The predicted molar refractivity (Wildman–Crippen MR) is 82.3 cm³/mol. The van der Waals surface area contributed by atoms with Crippen LogP contribution in [-0.4, -0.2) is 42.7 Å². The number of ether oxygens (including phenoxy) is 1. The first-order valence-corrected chi connectivity index (χ1v) is 7.74. The second-order valence-electron chi connectivity index (χ2n) is 6.03. The van der Waals surface area contributed by atoms with Gasteiger partial charge in [0, 0.05) is 31.0 Å². The lowest BCUT2D eigenvalue weighted by Crippen LogP contribution is -2.33. The van der Waals surface area contributed by atoms with Crippen LogP contribution < -0.4 is 4.74 Å². The van der Waals surface area contributed by atoms with E-state index < -0.39 is 0 Å². The molecule has 22 heavy (non-hydrogen) atoms. The molecule has 1 atom stereocenters. The number of carbonyl (C=O) groups is 1. The first-order valence-electron chi connectivity index (χ1n) is 7.74. The number of aliphatic hydroxyl groups is 1. The summed E-state index contributed by atoms with van der Waals surface area (Å²) in [5.41, 5.74) is 0.373. The lowest BCUT2D eigenvalue weighted by Gasteiger charge is -2.25. The molecule has 122 valence electrons. The smallest absolute Gasteiger partial charge is 0.222 e. The Labute approximate surface area is 130 Å². The maximum Gasteiger partial charge on any atom is 0.222 e. The van der Waals surface area contributed by atoms with Crippen molar-refractivity contribution in [1.82, 2.24) is 4.90 Å². The number of likely N-dealkylation sites (tertiary alicyclic amines) is 1. The van der Waals surface area contributed by atoms with Gasteiger partial charge in [0.2, 0.25) is 5.91 Å². The lowest BCUT2D eigenvalue weighted by atomic mass is 9.85. The molecule has 1 aliphatic heterocycles. The van der Waals surface area contributed by atoms with E-state index in [-0.39, 0.29) is 30.2 Å². The van der Waals surface area contributed by atoms with Crippen molar-refractivity contribution in [3.05, 3.63) is 29.6 Å². The Balaban J connectivity index is 1.91.